The lowest BCUT2D eigenvalue weighted by Gasteiger charge is -2.23. The highest BCUT2D eigenvalue weighted by molar-refractivity contribution is 5.94. The van der Waals surface area contributed by atoms with Crippen LogP contribution in [0.5, 0.6) is 5.75 Å². The van der Waals surface area contributed by atoms with E-state index in [0.29, 0.717) is 17.2 Å². The molecular formula is C14H19NO3. The molecule has 0 aliphatic heterocycles. The maximum atomic E-state index is 11.9. The van der Waals surface area contributed by atoms with E-state index in [9.17, 15) is 9.90 Å². The number of hydrogen-bond acceptors (Lipinski definition) is 3. The smallest absolute Gasteiger partial charge is 0.251 e. The van der Waals surface area contributed by atoms with Gasteiger partial charge in [0, 0.05) is 12.1 Å². The molecule has 18 heavy (non-hydrogen) atoms. The van der Waals surface area contributed by atoms with Crippen LogP contribution < -0.4 is 10.1 Å². The second-order valence-electron chi connectivity index (χ2n) is 5.05. The lowest BCUT2D eigenvalue weighted by atomic mass is 10.0. The van der Waals surface area contributed by atoms with E-state index < -0.39 is 5.60 Å². The molecule has 98 valence electrons. The van der Waals surface area contributed by atoms with Crippen molar-refractivity contribution < 1.29 is 14.6 Å². The molecule has 1 fully saturated rings. The molecule has 0 saturated heterocycles. The Kier molecular flexibility index (Phi) is 3.57. The van der Waals surface area contributed by atoms with Gasteiger partial charge in [-0.15, -0.1) is 0 Å². The number of aliphatic hydroxyl groups is 1. The third kappa shape index (κ3) is 3.01. The van der Waals surface area contributed by atoms with Gasteiger partial charge in [0.15, 0.2) is 0 Å². The summed E-state index contributed by atoms with van der Waals surface area (Å²) in [5.74, 6) is 0.787. The summed E-state index contributed by atoms with van der Waals surface area (Å²) in [6.45, 7) is 2.06. The Labute approximate surface area is 107 Å². The van der Waals surface area contributed by atoms with Gasteiger partial charge < -0.3 is 15.2 Å². The summed E-state index contributed by atoms with van der Waals surface area (Å²) in [6, 6.07) is 6.97. The molecule has 0 bridgehead atoms. The van der Waals surface area contributed by atoms with Gasteiger partial charge in [0.1, 0.15) is 5.75 Å². The van der Waals surface area contributed by atoms with Gasteiger partial charge in [0.25, 0.3) is 5.91 Å². The van der Waals surface area contributed by atoms with Gasteiger partial charge in [-0.25, -0.2) is 0 Å². The van der Waals surface area contributed by atoms with E-state index in [1.54, 1.807) is 38.3 Å². The van der Waals surface area contributed by atoms with Gasteiger partial charge in [0.2, 0.25) is 0 Å². The van der Waals surface area contributed by atoms with Crippen molar-refractivity contribution in [1.82, 2.24) is 5.32 Å². The fourth-order valence-electron chi connectivity index (χ4n) is 1.98. The van der Waals surface area contributed by atoms with Crippen LogP contribution in [0, 0.1) is 5.92 Å². The normalized spacial score (nSPS) is 17.9. The van der Waals surface area contributed by atoms with Gasteiger partial charge in [-0.05, 0) is 43.9 Å². The number of carbonyl (C=O) groups is 1. The summed E-state index contributed by atoms with van der Waals surface area (Å²) < 4.78 is 5.07. The van der Waals surface area contributed by atoms with Gasteiger partial charge in [-0.1, -0.05) is 6.07 Å². The number of amides is 1. The number of benzene rings is 1. The monoisotopic (exact) mass is 249 g/mol. The zero-order valence-corrected chi connectivity index (χ0v) is 10.8. The first-order chi connectivity index (χ1) is 8.53. The molecule has 1 aliphatic carbocycles. The summed E-state index contributed by atoms with van der Waals surface area (Å²) in [5, 5.41) is 12.9. The van der Waals surface area contributed by atoms with Crippen LogP contribution in [0.1, 0.15) is 30.1 Å². The Bertz CT molecular complexity index is 438. The molecule has 1 amide bonds. The zero-order chi connectivity index (χ0) is 13.2. The van der Waals surface area contributed by atoms with Gasteiger partial charge in [-0.3, -0.25) is 4.79 Å². The summed E-state index contributed by atoms with van der Waals surface area (Å²) in [6.07, 6.45) is 2.09. The minimum Gasteiger partial charge on any atom is -0.497 e. The van der Waals surface area contributed by atoms with Gasteiger partial charge >= 0.3 is 0 Å². The number of methoxy groups -OCH3 is 1. The van der Waals surface area contributed by atoms with E-state index >= 15 is 0 Å². The van der Waals surface area contributed by atoms with Crippen LogP contribution in [0.2, 0.25) is 0 Å². The maximum Gasteiger partial charge on any atom is 0.251 e. The lowest BCUT2D eigenvalue weighted by molar-refractivity contribution is 0.0354. The summed E-state index contributed by atoms with van der Waals surface area (Å²) >= 11 is 0. The Balaban J connectivity index is 1.94. The number of carbonyl (C=O) groups excluding carboxylic acids is 1. The van der Waals surface area contributed by atoms with Gasteiger partial charge in [0.05, 0.1) is 12.7 Å². The van der Waals surface area contributed by atoms with Crippen LogP contribution in [-0.4, -0.2) is 30.3 Å². The van der Waals surface area contributed by atoms with Crippen molar-refractivity contribution in [3.8, 4) is 5.75 Å². The van der Waals surface area contributed by atoms with Crippen LogP contribution in [0.4, 0.5) is 0 Å². The third-order valence-corrected chi connectivity index (χ3v) is 3.40. The molecule has 2 rings (SSSR count). The summed E-state index contributed by atoms with van der Waals surface area (Å²) in [5.41, 5.74) is -0.255. The SMILES string of the molecule is COc1cccc(C(=O)NCC(C)(O)C2CC2)c1. The first-order valence-corrected chi connectivity index (χ1v) is 6.17. The Morgan fingerprint density at radius 2 is 2.28 bits per heavy atom. The van der Waals surface area contributed by atoms with E-state index in [0.717, 1.165) is 12.8 Å². The van der Waals surface area contributed by atoms with Crippen LogP contribution >= 0.6 is 0 Å². The molecule has 0 spiro atoms. The van der Waals surface area contributed by atoms with Crippen molar-refractivity contribution >= 4 is 5.91 Å². The van der Waals surface area contributed by atoms with Gasteiger partial charge in [-0.2, -0.15) is 0 Å². The Morgan fingerprint density at radius 1 is 1.56 bits per heavy atom. The molecule has 0 aromatic heterocycles. The highest BCUT2D eigenvalue weighted by Crippen LogP contribution is 2.39. The summed E-state index contributed by atoms with van der Waals surface area (Å²) in [7, 11) is 1.56. The molecular weight excluding hydrogens is 230 g/mol. The average Bonchev–Trinajstić information content (AvgIpc) is 3.20. The van der Waals surface area contributed by atoms with Crippen molar-refractivity contribution in [2.45, 2.75) is 25.4 Å². The van der Waals surface area contributed by atoms with E-state index in [-0.39, 0.29) is 12.5 Å². The minimum atomic E-state index is -0.797. The van der Waals surface area contributed by atoms with Crippen molar-refractivity contribution in [1.29, 1.82) is 0 Å². The third-order valence-electron chi connectivity index (χ3n) is 3.40. The molecule has 2 N–H and O–H groups in total. The number of rotatable bonds is 5. The zero-order valence-electron chi connectivity index (χ0n) is 10.8. The fraction of sp³-hybridized carbons (Fsp3) is 0.500. The molecule has 1 aromatic rings. The second kappa shape index (κ2) is 4.98. The molecule has 1 saturated carbocycles. The van der Waals surface area contributed by atoms with E-state index in [4.69, 9.17) is 4.74 Å². The molecule has 1 aliphatic rings. The molecule has 1 aromatic carbocycles. The lowest BCUT2D eigenvalue weighted by Crippen LogP contribution is -2.42. The highest BCUT2D eigenvalue weighted by Gasteiger charge is 2.39. The molecule has 4 heteroatoms. The average molecular weight is 249 g/mol. The largest absolute Gasteiger partial charge is 0.497 e. The molecule has 1 atom stereocenters. The number of ether oxygens (including phenoxy) is 1. The molecule has 4 nitrogen and oxygen atoms in total. The van der Waals surface area contributed by atoms with Crippen molar-refractivity contribution in [2.24, 2.45) is 5.92 Å². The molecule has 0 radical (unpaired) electrons. The Hall–Kier alpha value is -1.55. The van der Waals surface area contributed by atoms with Crippen LogP contribution in [-0.2, 0) is 0 Å². The first-order valence-electron chi connectivity index (χ1n) is 6.17. The topological polar surface area (TPSA) is 58.6 Å². The predicted octanol–water partition coefficient (Wildman–Crippen LogP) is 1.59. The van der Waals surface area contributed by atoms with E-state index in [1.807, 2.05) is 0 Å². The minimum absolute atomic E-state index is 0.185. The quantitative estimate of drug-likeness (QED) is 0.833. The first kappa shape index (κ1) is 12.9. The van der Waals surface area contributed by atoms with Crippen LogP contribution in [0.25, 0.3) is 0 Å². The van der Waals surface area contributed by atoms with E-state index in [2.05, 4.69) is 5.32 Å². The Morgan fingerprint density at radius 3 is 2.89 bits per heavy atom. The van der Waals surface area contributed by atoms with E-state index in [1.165, 1.54) is 0 Å². The maximum absolute atomic E-state index is 11.9. The van der Waals surface area contributed by atoms with Crippen molar-refractivity contribution in [3.05, 3.63) is 29.8 Å². The highest BCUT2D eigenvalue weighted by atomic mass is 16.5. The number of hydrogen-bond donors (Lipinski definition) is 2. The van der Waals surface area contributed by atoms with Crippen LogP contribution in [0.3, 0.4) is 0 Å². The fourth-order valence-corrected chi connectivity index (χ4v) is 1.98. The molecule has 0 heterocycles. The number of nitrogens with one attached hydrogen (secondary N) is 1. The second-order valence-corrected chi connectivity index (χ2v) is 5.05. The molecule has 1 unspecified atom stereocenters. The summed E-state index contributed by atoms with van der Waals surface area (Å²) in [4.78, 5) is 11.9. The van der Waals surface area contributed by atoms with Crippen molar-refractivity contribution in [2.75, 3.05) is 13.7 Å². The van der Waals surface area contributed by atoms with Crippen LogP contribution in [0.15, 0.2) is 24.3 Å². The standard InChI is InChI=1S/C14H19NO3/c1-14(17,11-6-7-11)9-15-13(16)10-4-3-5-12(8-10)18-2/h3-5,8,11,17H,6-7,9H2,1-2H3,(H,15,16). The predicted molar refractivity (Wildman–Crippen MR) is 68.7 cm³/mol. The van der Waals surface area contributed by atoms with Crippen molar-refractivity contribution in [3.63, 3.8) is 0 Å².